The summed E-state index contributed by atoms with van der Waals surface area (Å²) in [5.41, 5.74) is 1.25. The SMILES string of the molecule is Clc1cc(N2CCCCCC2)ccc1Br. The predicted octanol–water partition coefficient (Wildman–Crippen LogP) is 4.48. The molecule has 0 aromatic heterocycles. The molecule has 15 heavy (non-hydrogen) atoms. The monoisotopic (exact) mass is 287 g/mol. The summed E-state index contributed by atoms with van der Waals surface area (Å²) in [5, 5.41) is 0.803. The Kier molecular flexibility index (Phi) is 3.92. The van der Waals surface area contributed by atoms with Crippen LogP contribution >= 0.6 is 27.5 Å². The Morgan fingerprint density at radius 2 is 1.73 bits per heavy atom. The summed E-state index contributed by atoms with van der Waals surface area (Å²) in [7, 11) is 0. The molecule has 2 rings (SSSR count). The van der Waals surface area contributed by atoms with E-state index < -0.39 is 0 Å². The van der Waals surface area contributed by atoms with Crippen LogP contribution in [0.2, 0.25) is 5.02 Å². The van der Waals surface area contributed by atoms with Gasteiger partial charge in [0.15, 0.2) is 0 Å². The lowest BCUT2D eigenvalue weighted by atomic mass is 10.2. The molecule has 0 N–H and O–H groups in total. The number of benzene rings is 1. The van der Waals surface area contributed by atoms with E-state index in [0.29, 0.717) is 0 Å². The van der Waals surface area contributed by atoms with Crippen molar-refractivity contribution in [3.63, 3.8) is 0 Å². The van der Waals surface area contributed by atoms with Crippen molar-refractivity contribution in [3.8, 4) is 0 Å². The van der Waals surface area contributed by atoms with Crippen molar-refractivity contribution >= 4 is 33.2 Å². The van der Waals surface area contributed by atoms with E-state index in [1.165, 1.54) is 31.4 Å². The summed E-state index contributed by atoms with van der Waals surface area (Å²) in [4.78, 5) is 2.44. The summed E-state index contributed by atoms with van der Waals surface area (Å²) in [6, 6.07) is 6.22. The Labute approximate surface area is 105 Å². The lowest BCUT2D eigenvalue weighted by molar-refractivity contribution is 0.726. The molecule has 0 amide bonds. The van der Waals surface area contributed by atoms with Gasteiger partial charge in [-0.05, 0) is 47.0 Å². The van der Waals surface area contributed by atoms with E-state index in [0.717, 1.165) is 22.6 Å². The minimum absolute atomic E-state index is 0.803. The summed E-state index contributed by atoms with van der Waals surface area (Å²) in [5.74, 6) is 0. The molecule has 1 heterocycles. The van der Waals surface area contributed by atoms with E-state index >= 15 is 0 Å². The quantitative estimate of drug-likeness (QED) is 0.736. The molecular weight excluding hydrogens is 273 g/mol. The van der Waals surface area contributed by atoms with Crippen LogP contribution in [0.5, 0.6) is 0 Å². The van der Waals surface area contributed by atoms with Crippen molar-refractivity contribution in [3.05, 3.63) is 27.7 Å². The third-order valence-electron chi connectivity index (χ3n) is 2.87. The average Bonchev–Trinajstić information content (AvgIpc) is 2.50. The molecule has 0 radical (unpaired) electrons. The molecule has 1 aromatic carbocycles. The molecule has 0 atom stereocenters. The van der Waals surface area contributed by atoms with Gasteiger partial charge in [-0.1, -0.05) is 24.4 Å². The standard InChI is InChI=1S/C12H15BrClN/c13-11-6-5-10(9-12(11)14)15-7-3-1-2-4-8-15/h5-6,9H,1-4,7-8H2. The average molecular weight is 289 g/mol. The first kappa shape index (κ1) is 11.3. The van der Waals surface area contributed by atoms with Crippen molar-refractivity contribution in [2.24, 2.45) is 0 Å². The van der Waals surface area contributed by atoms with Gasteiger partial charge in [0, 0.05) is 23.2 Å². The van der Waals surface area contributed by atoms with Crippen LogP contribution in [0.15, 0.2) is 22.7 Å². The van der Waals surface area contributed by atoms with Crippen LogP contribution in [0.4, 0.5) is 5.69 Å². The highest BCUT2D eigenvalue weighted by Crippen LogP contribution is 2.28. The van der Waals surface area contributed by atoms with Gasteiger partial charge < -0.3 is 4.90 Å². The molecule has 82 valence electrons. The van der Waals surface area contributed by atoms with Gasteiger partial charge in [0.05, 0.1) is 5.02 Å². The van der Waals surface area contributed by atoms with Crippen LogP contribution in [0.3, 0.4) is 0 Å². The molecule has 0 saturated carbocycles. The number of hydrogen-bond donors (Lipinski definition) is 0. The van der Waals surface area contributed by atoms with Crippen molar-refractivity contribution in [1.82, 2.24) is 0 Å². The predicted molar refractivity (Wildman–Crippen MR) is 69.8 cm³/mol. The van der Waals surface area contributed by atoms with Gasteiger partial charge in [0.2, 0.25) is 0 Å². The third-order valence-corrected chi connectivity index (χ3v) is 4.11. The Hall–Kier alpha value is -0.210. The van der Waals surface area contributed by atoms with Gasteiger partial charge in [-0.2, -0.15) is 0 Å². The van der Waals surface area contributed by atoms with Crippen molar-refractivity contribution in [2.75, 3.05) is 18.0 Å². The van der Waals surface area contributed by atoms with Crippen LogP contribution in [0.25, 0.3) is 0 Å². The number of nitrogens with zero attached hydrogens (tertiary/aromatic N) is 1. The number of anilines is 1. The normalized spacial score (nSPS) is 17.6. The Morgan fingerprint density at radius 1 is 1.07 bits per heavy atom. The van der Waals surface area contributed by atoms with E-state index in [2.05, 4.69) is 33.0 Å². The molecule has 0 unspecified atom stereocenters. The maximum Gasteiger partial charge on any atom is 0.0568 e. The molecule has 0 bridgehead atoms. The fourth-order valence-corrected chi connectivity index (χ4v) is 2.43. The molecule has 1 fully saturated rings. The zero-order chi connectivity index (χ0) is 10.7. The second-order valence-electron chi connectivity index (χ2n) is 4.00. The number of halogens is 2. The van der Waals surface area contributed by atoms with E-state index in [1.54, 1.807) is 0 Å². The van der Waals surface area contributed by atoms with Crippen molar-refractivity contribution < 1.29 is 0 Å². The van der Waals surface area contributed by atoms with Gasteiger partial charge in [-0.25, -0.2) is 0 Å². The van der Waals surface area contributed by atoms with Crippen LogP contribution in [-0.4, -0.2) is 13.1 Å². The minimum atomic E-state index is 0.803. The maximum absolute atomic E-state index is 6.10. The Morgan fingerprint density at radius 3 is 2.33 bits per heavy atom. The van der Waals surface area contributed by atoms with Crippen LogP contribution in [-0.2, 0) is 0 Å². The Balaban J connectivity index is 2.16. The highest BCUT2D eigenvalue weighted by Gasteiger charge is 2.10. The molecule has 0 aliphatic carbocycles. The van der Waals surface area contributed by atoms with E-state index in [-0.39, 0.29) is 0 Å². The molecule has 1 saturated heterocycles. The van der Waals surface area contributed by atoms with Gasteiger partial charge in [-0.15, -0.1) is 0 Å². The minimum Gasteiger partial charge on any atom is -0.371 e. The molecular formula is C12H15BrClN. The van der Waals surface area contributed by atoms with Crippen molar-refractivity contribution in [2.45, 2.75) is 25.7 Å². The first-order chi connectivity index (χ1) is 7.27. The lowest BCUT2D eigenvalue weighted by Gasteiger charge is -2.22. The van der Waals surface area contributed by atoms with E-state index in [9.17, 15) is 0 Å². The van der Waals surface area contributed by atoms with E-state index in [1.807, 2.05) is 6.07 Å². The highest BCUT2D eigenvalue weighted by atomic mass is 79.9. The third kappa shape index (κ3) is 2.88. The Bertz CT molecular complexity index is 332. The summed E-state index contributed by atoms with van der Waals surface area (Å²) in [6.07, 6.45) is 5.32. The smallest absolute Gasteiger partial charge is 0.0568 e. The lowest BCUT2D eigenvalue weighted by Crippen LogP contribution is -2.23. The highest BCUT2D eigenvalue weighted by molar-refractivity contribution is 9.10. The topological polar surface area (TPSA) is 3.24 Å². The van der Waals surface area contributed by atoms with Gasteiger partial charge in [0.25, 0.3) is 0 Å². The van der Waals surface area contributed by atoms with Crippen LogP contribution in [0.1, 0.15) is 25.7 Å². The van der Waals surface area contributed by atoms with Gasteiger partial charge in [0.1, 0.15) is 0 Å². The largest absolute Gasteiger partial charge is 0.371 e. The first-order valence-electron chi connectivity index (χ1n) is 5.47. The first-order valence-corrected chi connectivity index (χ1v) is 6.64. The number of rotatable bonds is 1. The molecule has 3 heteroatoms. The fourth-order valence-electron chi connectivity index (χ4n) is 2.01. The second-order valence-corrected chi connectivity index (χ2v) is 5.26. The summed E-state index contributed by atoms with van der Waals surface area (Å²) in [6.45, 7) is 2.33. The van der Waals surface area contributed by atoms with Gasteiger partial charge >= 0.3 is 0 Å². The van der Waals surface area contributed by atoms with E-state index in [4.69, 9.17) is 11.6 Å². The zero-order valence-corrected chi connectivity index (χ0v) is 11.0. The molecule has 0 spiro atoms. The van der Waals surface area contributed by atoms with Crippen LogP contribution in [0, 0.1) is 0 Å². The zero-order valence-electron chi connectivity index (χ0n) is 8.68. The molecule has 1 aliphatic rings. The molecule has 1 nitrogen and oxygen atoms in total. The molecule has 1 aromatic rings. The fraction of sp³-hybridized carbons (Fsp3) is 0.500. The van der Waals surface area contributed by atoms with Crippen LogP contribution < -0.4 is 4.90 Å². The van der Waals surface area contributed by atoms with Gasteiger partial charge in [-0.3, -0.25) is 0 Å². The number of hydrogen-bond acceptors (Lipinski definition) is 1. The van der Waals surface area contributed by atoms with Crippen molar-refractivity contribution in [1.29, 1.82) is 0 Å². The summed E-state index contributed by atoms with van der Waals surface area (Å²) < 4.78 is 0.975. The summed E-state index contributed by atoms with van der Waals surface area (Å²) >= 11 is 9.52. The maximum atomic E-state index is 6.10. The molecule has 1 aliphatic heterocycles. The second kappa shape index (κ2) is 5.22.